The minimum atomic E-state index is 0.933. The van der Waals surface area contributed by atoms with Crippen LogP contribution in [0.15, 0.2) is 55.2 Å². The Labute approximate surface area is 90.1 Å². The first-order chi connectivity index (χ1) is 7.27. The first-order valence-corrected chi connectivity index (χ1v) is 4.95. The summed E-state index contributed by atoms with van der Waals surface area (Å²) in [4.78, 5) is 4.29. The van der Waals surface area contributed by atoms with Gasteiger partial charge in [0.1, 0.15) is 0 Å². The third-order valence-corrected chi connectivity index (χ3v) is 2.34. The van der Waals surface area contributed by atoms with E-state index in [1.807, 2.05) is 24.3 Å². The SMILES string of the molecule is C=C(c1cccc(C)c1)c1ccccn1. The zero-order chi connectivity index (χ0) is 10.7. The molecule has 0 radical (unpaired) electrons. The molecule has 0 aliphatic rings. The molecule has 0 unspecified atom stereocenters. The molecule has 1 heterocycles. The Morgan fingerprint density at radius 2 is 2.00 bits per heavy atom. The van der Waals surface area contributed by atoms with Crippen LogP contribution in [0.3, 0.4) is 0 Å². The molecule has 0 bridgehead atoms. The van der Waals surface area contributed by atoms with E-state index in [4.69, 9.17) is 0 Å². The number of rotatable bonds is 2. The molecular weight excluding hydrogens is 182 g/mol. The standard InChI is InChI=1S/C14H13N/c1-11-6-5-7-13(10-11)12(2)14-8-3-4-9-15-14/h3-10H,2H2,1H3. The molecule has 0 fully saturated rings. The number of benzene rings is 1. The average Bonchev–Trinajstić information content (AvgIpc) is 2.29. The van der Waals surface area contributed by atoms with Gasteiger partial charge in [0.05, 0.1) is 5.69 Å². The molecule has 2 aromatic rings. The van der Waals surface area contributed by atoms with Gasteiger partial charge in [0.2, 0.25) is 0 Å². The monoisotopic (exact) mass is 195 g/mol. The van der Waals surface area contributed by atoms with E-state index < -0.39 is 0 Å². The van der Waals surface area contributed by atoms with Gasteiger partial charge in [-0.3, -0.25) is 4.98 Å². The van der Waals surface area contributed by atoms with Gasteiger partial charge < -0.3 is 0 Å². The Hall–Kier alpha value is -1.89. The summed E-state index contributed by atoms with van der Waals surface area (Å²) in [5.74, 6) is 0. The van der Waals surface area contributed by atoms with Crippen molar-refractivity contribution in [1.82, 2.24) is 4.98 Å². The van der Waals surface area contributed by atoms with Gasteiger partial charge in [-0.25, -0.2) is 0 Å². The van der Waals surface area contributed by atoms with E-state index in [0.717, 1.165) is 16.8 Å². The molecule has 2 rings (SSSR count). The van der Waals surface area contributed by atoms with Crippen LogP contribution in [0.25, 0.3) is 5.57 Å². The largest absolute Gasteiger partial charge is 0.256 e. The predicted molar refractivity (Wildman–Crippen MR) is 63.6 cm³/mol. The Morgan fingerprint density at radius 3 is 2.67 bits per heavy atom. The third kappa shape index (κ3) is 2.13. The van der Waals surface area contributed by atoms with Crippen molar-refractivity contribution in [2.24, 2.45) is 0 Å². The molecule has 0 atom stereocenters. The summed E-state index contributed by atoms with van der Waals surface area (Å²) in [5, 5.41) is 0. The maximum atomic E-state index is 4.29. The lowest BCUT2D eigenvalue weighted by Gasteiger charge is -2.05. The molecule has 15 heavy (non-hydrogen) atoms. The van der Waals surface area contributed by atoms with E-state index in [0.29, 0.717) is 0 Å². The van der Waals surface area contributed by atoms with E-state index in [-0.39, 0.29) is 0 Å². The van der Waals surface area contributed by atoms with Crippen LogP contribution < -0.4 is 0 Å². The Morgan fingerprint density at radius 1 is 1.13 bits per heavy atom. The van der Waals surface area contributed by atoms with Crippen LogP contribution in [0.4, 0.5) is 0 Å². The van der Waals surface area contributed by atoms with Gasteiger partial charge in [-0.15, -0.1) is 0 Å². The number of pyridine rings is 1. The molecule has 0 aliphatic carbocycles. The number of aryl methyl sites for hydroxylation is 1. The molecular formula is C14H13N. The zero-order valence-corrected chi connectivity index (χ0v) is 8.77. The van der Waals surface area contributed by atoms with Crippen molar-refractivity contribution in [2.75, 3.05) is 0 Å². The van der Waals surface area contributed by atoms with Crippen molar-refractivity contribution in [3.05, 3.63) is 72.1 Å². The van der Waals surface area contributed by atoms with Gasteiger partial charge in [0.25, 0.3) is 0 Å². The van der Waals surface area contributed by atoms with Gasteiger partial charge in [0.15, 0.2) is 0 Å². The van der Waals surface area contributed by atoms with E-state index in [1.165, 1.54) is 5.56 Å². The van der Waals surface area contributed by atoms with Gasteiger partial charge in [-0.2, -0.15) is 0 Å². The molecule has 0 aliphatic heterocycles. The quantitative estimate of drug-likeness (QED) is 0.715. The molecule has 0 N–H and O–H groups in total. The lowest BCUT2D eigenvalue weighted by Crippen LogP contribution is -1.89. The second-order valence-electron chi connectivity index (χ2n) is 3.56. The first kappa shape index (κ1) is 9.66. The van der Waals surface area contributed by atoms with Crippen molar-refractivity contribution in [3.63, 3.8) is 0 Å². The Balaban J connectivity index is 2.37. The number of hydrogen-bond donors (Lipinski definition) is 0. The van der Waals surface area contributed by atoms with Gasteiger partial charge in [-0.05, 0) is 24.6 Å². The lowest BCUT2D eigenvalue weighted by molar-refractivity contribution is 1.27. The Bertz CT molecular complexity index is 472. The normalized spacial score (nSPS) is 9.93. The molecule has 0 amide bonds. The highest BCUT2D eigenvalue weighted by Gasteiger charge is 2.02. The Kier molecular flexibility index (Phi) is 2.64. The summed E-state index contributed by atoms with van der Waals surface area (Å²) in [7, 11) is 0. The van der Waals surface area contributed by atoms with Crippen molar-refractivity contribution in [1.29, 1.82) is 0 Å². The molecule has 0 saturated heterocycles. The van der Waals surface area contributed by atoms with Crippen molar-refractivity contribution in [3.8, 4) is 0 Å². The summed E-state index contributed by atoms with van der Waals surface area (Å²) >= 11 is 0. The zero-order valence-electron chi connectivity index (χ0n) is 8.77. The van der Waals surface area contributed by atoms with E-state index in [9.17, 15) is 0 Å². The second kappa shape index (κ2) is 4.09. The molecule has 1 aromatic carbocycles. The highest BCUT2D eigenvalue weighted by Crippen LogP contribution is 2.19. The van der Waals surface area contributed by atoms with Crippen LogP contribution in [0.1, 0.15) is 16.8 Å². The first-order valence-electron chi connectivity index (χ1n) is 4.95. The van der Waals surface area contributed by atoms with Crippen LogP contribution >= 0.6 is 0 Å². The van der Waals surface area contributed by atoms with E-state index in [1.54, 1.807) is 6.20 Å². The number of nitrogens with zero attached hydrogens (tertiary/aromatic N) is 1. The molecule has 74 valence electrons. The number of aromatic nitrogens is 1. The highest BCUT2D eigenvalue weighted by atomic mass is 14.7. The summed E-state index contributed by atoms with van der Waals surface area (Å²) in [5.41, 5.74) is 4.28. The summed E-state index contributed by atoms with van der Waals surface area (Å²) < 4.78 is 0. The summed E-state index contributed by atoms with van der Waals surface area (Å²) in [6, 6.07) is 14.2. The van der Waals surface area contributed by atoms with Crippen LogP contribution in [0, 0.1) is 6.92 Å². The molecule has 1 aromatic heterocycles. The fourth-order valence-electron chi connectivity index (χ4n) is 1.52. The maximum absolute atomic E-state index is 4.29. The topological polar surface area (TPSA) is 12.9 Å². The van der Waals surface area contributed by atoms with Crippen LogP contribution in [0.5, 0.6) is 0 Å². The van der Waals surface area contributed by atoms with E-state index in [2.05, 4.69) is 36.7 Å². The van der Waals surface area contributed by atoms with Gasteiger partial charge >= 0.3 is 0 Å². The van der Waals surface area contributed by atoms with Gasteiger partial charge in [0, 0.05) is 11.8 Å². The highest BCUT2D eigenvalue weighted by molar-refractivity contribution is 5.76. The molecule has 0 spiro atoms. The molecule has 0 saturated carbocycles. The molecule has 1 heteroatoms. The minimum Gasteiger partial charge on any atom is -0.256 e. The average molecular weight is 195 g/mol. The lowest BCUT2D eigenvalue weighted by atomic mass is 10.0. The summed E-state index contributed by atoms with van der Waals surface area (Å²) in [6.45, 7) is 6.15. The third-order valence-electron chi connectivity index (χ3n) is 2.34. The fraction of sp³-hybridized carbons (Fsp3) is 0.0714. The van der Waals surface area contributed by atoms with Crippen molar-refractivity contribution in [2.45, 2.75) is 6.92 Å². The van der Waals surface area contributed by atoms with Crippen molar-refractivity contribution < 1.29 is 0 Å². The maximum Gasteiger partial charge on any atom is 0.0702 e. The summed E-state index contributed by atoms with van der Waals surface area (Å²) in [6.07, 6.45) is 1.79. The second-order valence-corrected chi connectivity index (χ2v) is 3.56. The van der Waals surface area contributed by atoms with Crippen LogP contribution in [-0.4, -0.2) is 4.98 Å². The molecule has 1 nitrogen and oxygen atoms in total. The number of hydrogen-bond acceptors (Lipinski definition) is 1. The van der Waals surface area contributed by atoms with E-state index >= 15 is 0 Å². The van der Waals surface area contributed by atoms with Crippen LogP contribution in [-0.2, 0) is 0 Å². The minimum absolute atomic E-state index is 0.933. The van der Waals surface area contributed by atoms with Crippen molar-refractivity contribution >= 4 is 5.57 Å². The van der Waals surface area contributed by atoms with Crippen LogP contribution in [0.2, 0.25) is 0 Å². The van der Waals surface area contributed by atoms with Gasteiger partial charge in [-0.1, -0.05) is 42.5 Å². The predicted octanol–water partition coefficient (Wildman–Crippen LogP) is 3.45. The fourth-order valence-corrected chi connectivity index (χ4v) is 1.52. The smallest absolute Gasteiger partial charge is 0.0702 e.